The minimum Gasteiger partial charge on any atom is -0.372 e. The Morgan fingerprint density at radius 3 is 2.62 bits per heavy atom. The van der Waals surface area contributed by atoms with Crippen molar-refractivity contribution >= 4 is 0 Å². The Hall–Kier alpha value is -0.120. The lowest BCUT2D eigenvalue weighted by Gasteiger charge is -2.27. The second kappa shape index (κ2) is 4.63. The second-order valence-corrected chi connectivity index (χ2v) is 5.94. The first-order valence-electron chi connectivity index (χ1n) is 6.57. The van der Waals surface area contributed by atoms with E-state index in [1.807, 2.05) is 13.8 Å². The van der Waals surface area contributed by atoms with Gasteiger partial charge in [-0.3, -0.25) is 0 Å². The van der Waals surface area contributed by atoms with Gasteiger partial charge < -0.3 is 15.2 Å². The largest absolute Gasteiger partial charge is 0.372 e. The fraction of sp³-hybridized carbons (Fsp3) is 1.00. The van der Waals surface area contributed by atoms with Crippen LogP contribution in [-0.4, -0.2) is 30.5 Å². The zero-order valence-electron chi connectivity index (χ0n) is 10.6. The quantitative estimate of drug-likeness (QED) is 0.801. The first kappa shape index (κ1) is 12.3. The van der Waals surface area contributed by atoms with E-state index in [2.05, 4.69) is 0 Å². The molecule has 1 aliphatic heterocycles. The van der Waals surface area contributed by atoms with Gasteiger partial charge in [-0.2, -0.15) is 0 Å². The standard InChI is InChI=1S/C13H25NO2/c1-12(2,10-14)15-9-11-5-8-13(16-11)6-3-4-7-13/h11H,3-10,14H2,1-2H3. The zero-order chi connectivity index (χ0) is 11.6. The van der Waals surface area contributed by atoms with Gasteiger partial charge in [0.15, 0.2) is 0 Å². The van der Waals surface area contributed by atoms with Crippen LogP contribution in [-0.2, 0) is 9.47 Å². The maximum absolute atomic E-state index is 6.18. The Balaban J connectivity index is 1.77. The second-order valence-electron chi connectivity index (χ2n) is 5.94. The molecular weight excluding hydrogens is 202 g/mol. The Morgan fingerprint density at radius 2 is 2.00 bits per heavy atom. The first-order chi connectivity index (χ1) is 7.55. The molecule has 3 heteroatoms. The van der Waals surface area contributed by atoms with Crippen molar-refractivity contribution < 1.29 is 9.47 Å². The van der Waals surface area contributed by atoms with Gasteiger partial charge in [0, 0.05) is 6.54 Å². The molecule has 0 bridgehead atoms. The molecular formula is C13H25NO2. The fourth-order valence-corrected chi connectivity index (χ4v) is 2.78. The molecule has 94 valence electrons. The highest BCUT2D eigenvalue weighted by atomic mass is 16.6. The van der Waals surface area contributed by atoms with Crippen molar-refractivity contribution in [1.82, 2.24) is 0 Å². The first-order valence-corrected chi connectivity index (χ1v) is 6.57. The van der Waals surface area contributed by atoms with E-state index >= 15 is 0 Å². The molecule has 16 heavy (non-hydrogen) atoms. The zero-order valence-corrected chi connectivity index (χ0v) is 10.6. The van der Waals surface area contributed by atoms with Crippen LogP contribution in [0.2, 0.25) is 0 Å². The van der Waals surface area contributed by atoms with Crippen molar-refractivity contribution in [3.05, 3.63) is 0 Å². The van der Waals surface area contributed by atoms with Gasteiger partial charge in [-0.25, -0.2) is 0 Å². The number of ether oxygens (including phenoxy) is 2. The minimum absolute atomic E-state index is 0.214. The molecule has 1 heterocycles. The van der Waals surface area contributed by atoms with Gasteiger partial charge >= 0.3 is 0 Å². The average molecular weight is 227 g/mol. The Kier molecular flexibility index (Phi) is 3.57. The summed E-state index contributed by atoms with van der Waals surface area (Å²) >= 11 is 0. The van der Waals surface area contributed by atoms with E-state index in [9.17, 15) is 0 Å². The summed E-state index contributed by atoms with van der Waals surface area (Å²) in [6, 6.07) is 0. The Bertz CT molecular complexity index is 234. The highest BCUT2D eigenvalue weighted by Crippen LogP contribution is 2.43. The maximum Gasteiger partial charge on any atom is 0.0817 e. The molecule has 0 radical (unpaired) electrons. The molecule has 0 aromatic rings. The summed E-state index contributed by atoms with van der Waals surface area (Å²) in [6.45, 7) is 5.33. The van der Waals surface area contributed by atoms with Crippen LogP contribution < -0.4 is 5.73 Å². The van der Waals surface area contributed by atoms with Crippen molar-refractivity contribution in [3.8, 4) is 0 Å². The number of hydrogen-bond acceptors (Lipinski definition) is 3. The lowest BCUT2D eigenvalue weighted by molar-refractivity contribution is -0.101. The molecule has 1 unspecified atom stereocenters. The normalized spacial score (nSPS) is 29.1. The molecule has 1 atom stereocenters. The van der Waals surface area contributed by atoms with E-state index < -0.39 is 0 Å². The number of hydrogen-bond donors (Lipinski definition) is 1. The highest BCUT2D eigenvalue weighted by molar-refractivity contribution is 4.92. The third-order valence-electron chi connectivity index (χ3n) is 4.00. The van der Waals surface area contributed by atoms with E-state index in [1.54, 1.807) is 0 Å². The van der Waals surface area contributed by atoms with Gasteiger partial charge in [0.05, 0.1) is 23.9 Å². The van der Waals surface area contributed by atoms with Crippen LogP contribution in [0, 0.1) is 0 Å². The minimum atomic E-state index is -0.214. The lowest BCUT2D eigenvalue weighted by Crippen LogP contribution is -2.37. The Morgan fingerprint density at radius 1 is 1.31 bits per heavy atom. The molecule has 2 N–H and O–H groups in total. The summed E-state index contributed by atoms with van der Waals surface area (Å²) in [6.07, 6.45) is 7.85. The van der Waals surface area contributed by atoms with Crippen molar-refractivity contribution in [2.24, 2.45) is 5.73 Å². The SMILES string of the molecule is CC(C)(CN)OCC1CCC2(CCCC2)O1. The molecule has 2 aliphatic rings. The predicted octanol–water partition coefficient (Wildman–Crippen LogP) is 2.23. The summed E-state index contributed by atoms with van der Waals surface area (Å²) in [5.74, 6) is 0. The number of nitrogens with two attached hydrogens (primary N) is 1. The molecule has 2 fully saturated rings. The van der Waals surface area contributed by atoms with E-state index in [4.69, 9.17) is 15.2 Å². The van der Waals surface area contributed by atoms with E-state index in [1.165, 1.54) is 32.1 Å². The van der Waals surface area contributed by atoms with Crippen molar-refractivity contribution in [2.75, 3.05) is 13.2 Å². The third-order valence-corrected chi connectivity index (χ3v) is 4.00. The average Bonchev–Trinajstić information content (AvgIpc) is 2.87. The fourth-order valence-electron chi connectivity index (χ4n) is 2.78. The maximum atomic E-state index is 6.18. The molecule has 1 spiro atoms. The van der Waals surface area contributed by atoms with E-state index in [-0.39, 0.29) is 11.2 Å². The van der Waals surface area contributed by atoms with Crippen LogP contribution in [0.1, 0.15) is 52.4 Å². The summed E-state index contributed by atoms with van der Waals surface area (Å²) in [7, 11) is 0. The van der Waals surface area contributed by atoms with Crippen LogP contribution in [0.5, 0.6) is 0 Å². The van der Waals surface area contributed by atoms with Gasteiger partial charge in [-0.05, 0) is 39.5 Å². The molecule has 1 saturated carbocycles. The molecule has 3 nitrogen and oxygen atoms in total. The summed E-state index contributed by atoms with van der Waals surface area (Å²) in [5, 5.41) is 0. The molecule has 0 amide bonds. The van der Waals surface area contributed by atoms with Crippen LogP contribution in [0.4, 0.5) is 0 Å². The van der Waals surface area contributed by atoms with Crippen LogP contribution >= 0.6 is 0 Å². The van der Waals surface area contributed by atoms with Crippen molar-refractivity contribution in [1.29, 1.82) is 0 Å². The molecule has 1 saturated heterocycles. The van der Waals surface area contributed by atoms with Crippen LogP contribution in [0.15, 0.2) is 0 Å². The topological polar surface area (TPSA) is 44.5 Å². The Labute approximate surface area is 98.7 Å². The van der Waals surface area contributed by atoms with Crippen LogP contribution in [0.3, 0.4) is 0 Å². The smallest absolute Gasteiger partial charge is 0.0817 e. The summed E-state index contributed by atoms with van der Waals surface area (Å²) in [4.78, 5) is 0. The van der Waals surface area contributed by atoms with Gasteiger partial charge in [-0.1, -0.05) is 12.8 Å². The molecule has 2 rings (SSSR count). The van der Waals surface area contributed by atoms with Crippen LogP contribution in [0.25, 0.3) is 0 Å². The van der Waals surface area contributed by atoms with Gasteiger partial charge in [0.25, 0.3) is 0 Å². The van der Waals surface area contributed by atoms with Gasteiger partial charge in [0.1, 0.15) is 0 Å². The third kappa shape index (κ3) is 2.76. The van der Waals surface area contributed by atoms with E-state index in [0.29, 0.717) is 19.3 Å². The van der Waals surface area contributed by atoms with Crippen molar-refractivity contribution in [2.45, 2.75) is 69.7 Å². The lowest BCUT2D eigenvalue weighted by atomic mass is 9.98. The van der Waals surface area contributed by atoms with Gasteiger partial charge in [-0.15, -0.1) is 0 Å². The molecule has 0 aromatic heterocycles. The van der Waals surface area contributed by atoms with Gasteiger partial charge in [0.2, 0.25) is 0 Å². The summed E-state index contributed by atoms with van der Waals surface area (Å²) in [5.41, 5.74) is 5.65. The monoisotopic (exact) mass is 227 g/mol. The summed E-state index contributed by atoms with van der Waals surface area (Å²) < 4.78 is 12.0. The molecule has 0 aromatic carbocycles. The number of rotatable bonds is 4. The predicted molar refractivity (Wildman–Crippen MR) is 64.4 cm³/mol. The molecule has 1 aliphatic carbocycles. The highest BCUT2D eigenvalue weighted by Gasteiger charge is 2.42. The van der Waals surface area contributed by atoms with Crippen molar-refractivity contribution in [3.63, 3.8) is 0 Å². The van der Waals surface area contributed by atoms with E-state index in [0.717, 1.165) is 6.42 Å².